The maximum Gasteiger partial charge on any atom is 0.256 e. The van der Waals surface area contributed by atoms with E-state index in [1.165, 1.54) is 0 Å². The van der Waals surface area contributed by atoms with Crippen molar-refractivity contribution in [3.63, 3.8) is 0 Å². The van der Waals surface area contributed by atoms with Gasteiger partial charge in [-0.15, -0.1) is 0 Å². The predicted octanol–water partition coefficient (Wildman–Crippen LogP) is 3.34. The normalized spacial score (nSPS) is 17.5. The number of nitrogens with one attached hydrogen (secondary N) is 1. The molecule has 124 valence electrons. The Morgan fingerprint density at radius 2 is 1.71 bits per heavy atom. The largest absolute Gasteiger partial charge is 0.491 e. The van der Waals surface area contributed by atoms with E-state index in [0.29, 0.717) is 5.69 Å². The lowest BCUT2D eigenvalue weighted by atomic mass is 9.98. The molecule has 1 fully saturated rings. The van der Waals surface area contributed by atoms with Gasteiger partial charge in [-0.1, -0.05) is 30.3 Å². The van der Waals surface area contributed by atoms with Crippen LogP contribution in [0.2, 0.25) is 0 Å². The van der Waals surface area contributed by atoms with E-state index in [0.717, 1.165) is 16.3 Å². The fourth-order valence-corrected chi connectivity index (χ4v) is 2.70. The molecule has 0 aromatic heterocycles. The SMILES string of the molecule is CC(C)Oc1ccc(NN2C(=O)CC(c3ccccc3)C2=O)cc1. The molecule has 1 aliphatic rings. The predicted molar refractivity (Wildman–Crippen MR) is 91.5 cm³/mol. The average Bonchev–Trinajstić information content (AvgIpc) is 2.85. The van der Waals surface area contributed by atoms with Crippen molar-refractivity contribution in [2.45, 2.75) is 32.3 Å². The molecule has 5 heteroatoms. The molecule has 1 aliphatic heterocycles. The number of ether oxygens (including phenoxy) is 1. The number of imide groups is 1. The number of anilines is 1. The summed E-state index contributed by atoms with van der Waals surface area (Å²) in [6, 6.07) is 16.6. The highest BCUT2D eigenvalue weighted by Crippen LogP contribution is 2.30. The fourth-order valence-electron chi connectivity index (χ4n) is 2.70. The monoisotopic (exact) mass is 324 g/mol. The van der Waals surface area contributed by atoms with Gasteiger partial charge in [0.25, 0.3) is 5.91 Å². The van der Waals surface area contributed by atoms with Crippen LogP contribution in [0.3, 0.4) is 0 Å². The summed E-state index contributed by atoms with van der Waals surface area (Å²) in [5.74, 6) is -0.128. The van der Waals surface area contributed by atoms with Gasteiger partial charge in [0.2, 0.25) is 5.91 Å². The third kappa shape index (κ3) is 3.40. The van der Waals surface area contributed by atoms with E-state index >= 15 is 0 Å². The van der Waals surface area contributed by atoms with Crippen LogP contribution in [0, 0.1) is 0 Å². The van der Waals surface area contributed by atoms with Crippen molar-refractivity contribution in [2.24, 2.45) is 0 Å². The maximum absolute atomic E-state index is 12.6. The molecule has 2 amide bonds. The molecular weight excluding hydrogens is 304 g/mol. The van der Waals surface area contributed by atoms with Crippen LogP contribution >= 0.6 is 0 Å². The van der Waals surface area contributed by atoms with E-state index in [9.17, 15) is 9.59 Å². The second-order valence-corrected chi connectivity index (χ2v) is 6.04. The van der Waals surface area contributed by atoms with Crippen molar-refractivity contribution >= 4 is 17.5 Å². The van der Waals surface area contributed by atoms with E-state index in [1.54, 1.807) is 12.1 Å². The van der Waals surface area contributed by atoms with Gasteiger partial charge in [-0.05, 0) is 43.7 Å². The highest BCUT2D eigenvalue weighted by molar-refractivity contribution is 6.07. The van der Waals surface area contributed by atoms with Crippen LogP contribution in [0.1, 0.15) is 31.7 Å². The Bertz CT molecular complexity index is 726. The molecule has 24 heavy (non-hydrogen) atoms. The molecule has 0 spiro atoms. The molecule has 0 bridgehead atoms. The van der Waals surface area contributed by atoms with Crippen molar-refractivity contribution in [2.75, 3.05) is 5.43 Å². The average molecular weight is 324 g/mol. The first-order valence-electron chi connectivity index (χ1n) is 7.99. The lowest BCUT2D eigenvalue weighted by Crippen LogP contribution is -2.35. The number of hydrazine groups is 1. The number of carbonyl (C=O) groups is 2. The minimum absolute atomic E-state index is 0.0946. The first-order chi connectivity index (χ1) is 11.5. The van der Waals surface area contributed by atoms with Gasteiger partial charge in [0, 0.05) is 6.42 Å². The summed E-state index contributed by atoms with van der Waals surface area (Å²) in [6.45, 7) is 3.91. The van der Waals surface area contributed by atoms with Gasteiger partial charge in [0.15, 0.2) is 0 Å². The number of hydrogen-bond donors (Lipinski definition) is 1. The van der Waals surface area contributed by atoms with Crippen LogP contribution in [0.25, 0.3) is 0 Å². The van der Waals surface area contributed by atoms with Gasteiger partial charge in [0.1, 0.15) is 5.75 Å². The van der Waals surface area contributed by atoms with Crippen LogP contribution in [0.5, 0.6) is 5.75 Å². The van der Waals surface area contributed by atoms with Gasteiger partial charge < -0.3 is 4.74 Å². The molecule has 1 unspecified atom stereocenters. The summed E-state index contributed by atoms with van der Waals surface area (Å²) >= 11 is 0. The number of hydrogen-bond acceptors (Lipinski definition) is 4. The summed E-state index contributed by atoms with van der Waals surface area (Å²) in [5.41, 5.74) is 4.43. The number of rotatable bonds is 5. The van der Waals surface area contributed by atoms with Crippen LogP contribution < -0.4 is 10.2 Å². The Morgan fingerprint density at radius 3 is 2.33 bits per heavy atom. The summed E-state index contributed by atoms with van der Waals surface area (Å²) in [5, 5.41) is 1.11. The molecule has 2 aromatic carbocycles. The summed E-state index contributed by atoms with van der Waals surface area (Å²) in [7, 11) is 0. The molecule has 3 rings (SSSR count). The van der Waals surface area contributed by atoms with Crippen molar-refractivity contribution < 1.29 is 14.3 Å². The molecule has 1 heterocycles. The quantitative estimate of drug-likeness (QED) is 0.857. The molecule has 1 atom stereocenters. The molecule has 2 aromatic rings. The van der Waals surface area contributed by atoms with Crippen molar-refractivity contribution in [3.05, 3.63) is 60.2 Å². The van der Waals surface area contributed by atoms with Crippen molar-refractivity contribution in [1.82, 2.24) is 5.01 Å². The van der Waals surface area contributed by atoms with E-state index in [4.69, 9.17) is 4.74 Å². The second kappa shape index (κ2) is 6.74. The Kier molecular flexibility index (Phi) is 4.51. The Labute approximate surface area is 141 Å². The van der Waals surface area contributed by atoms with Crippen LogP contribution in [-0.4, -0.2) is 22.9 Å². The molecular formula is C19H20N2O3. The van der Waals surface area contributed by atoms with Gasteiger partial charge in [-0.3, -0.25) is 15.0 Å². The lowest BCUT2D eigenvalue weighted by Gasteiger charge is -2.18. The molecule has 5 nitrogen and oxygen atoms in total. The lowest BCUT2D eigenvalue weighted by molar-refractivity contribution is -0.137. The minimum Gasteiger partial charge on any atom is -0.491 e. The number of amides is 2. The zero-order valence-electron chi connectivity index (χ0n) is 13.7. The Balaban J connectivity index is 1.71. The van der Waals surface area contributed by atoms with Crippen molar-refractivity contribution in [1.29, 1.82) is 0 Å². The Morgan fingerprint density at radius 1 is 1.04 bits per heavy atom. The number of carbonyl (C=O) groups excluding carboxylic acids is 2. The Hall–Kier alpha value is -2.82. The highest BCUT2D eigenvalue weighted by Gasteiger charge is 2.39. The van der Waals surface area contributed by atoms with E-state index in [2.05, 4.69) is 5.43 Å². The standard InChI is InChI=1S/C19H20N2O3/c1-13(2)24-16-10-8-15(9-11-16)20-21-18(22)12-17(19(21)23)14-6-4-3-5-7-14/h3-11,13,17,20H,12H2,1-2H3. The minimum atomic E-state index is -0.422. The zero-order valence-corrected chi connectivity index (χ0v) is 13.7. The molecule has 0 radical (unpaired) electrons. The molecule has 1 N–H and O–H groups in total. The second-order valence-electron chi connectivity index (χ2n) is 6.04. The van der Waals surface area contributed by atoms with Crippen LogP contribution in [0.15, 0.2) is 54.6 Å². The topological polar surface area (TPSA) is 58.6 Å². The van der Waals surface area contributed by atoms with Crippen molar-refractivity contribution in [3.8, 4) is 5.75 Å². The first kappa shape index (κ1) is 16.1. The fraction of sp³-hybridized carbons (Fsp3) is 0.263. The summed E-state index contributed by atoms with van der Waals surface area (Å²) in [4.78, 5) is 24.8. The van der Waals surface area contributed by atoms with E-state index in [-0.39, 0.29) is 24.3 Å². The summed E-state index contributed by atoms with van der Waals surface area (Å²) < 4.78 is 5.58. The van der Waals surface area contributed by atoms with Gasteiger partial charge in [0.05, 0.1) is 17.7 Å². The molecule has 0 saturated carbocycles. The number of benzene rings is 2. The van der Waals surface area contributed by atoms with Gasteiger partial charge in [-0.2, -0.15) is 5.01 Å². The third-order valence-corrected chi connectivity index (χ3v) is 3.82. The first-order valence-corrected chi connectivity index (χ1v) is 7.99. The van der Waals surface area contributed by atoms with E-state index < -0.39 is 5.92 Å². The summed E-state index contributed by atoms with van der Waals surface area (Å²) in [6.07, 6.45) is 0.280. The zero-order chi connectivity index (χ0) is 17.1. The maximum atomic E-state index is 12.6. The number of nitrogens with zero attached hydrogens (tertiary/aromatic N) is 1. The molecule has 0 aliphatic carbocycles. The van der Waals surface area contributed by atoms with Gasteiger partial charge >= 0.3 is 0 Å². The molecule has 1 saturated heterocycles. The van der Waals surface area contributed by atoms with Crippen LogP contribution in [0.4, 0.5) is 5.69 Å². The van der Waals surface area contributed by atoms with Crippen LogP contribution in [-0.2, 0) is 9.59 Å². The van der Waals surface area contributed by atoms with E-state index in [1.807, 2.05) is 56.3 Å². The third-order valence-electron chi connectivity index (χ3n) is 3.82. The smallest absolute Gasteiger partial charge is 0.256 e. The highest BCUT2D eigenvalue weighted by atomic mass is 16.5. The van der Waals surface area contributed by atoms with Gasteiger partial charge in [-0.25, -0.2) is 0 Å².